The molecule has 0 spiro atoms. The minimum atomic E-state index is -0.897. The Kier molecular flexibility index (Phi) is 11.5. The van der Waals surface area contributed by atoms with Gasteiger partial charge in [0, 0.05) is 54.5 Å². The minimum Gasteiger partial charge on any atom is -0.496 e. The van der Waals surface area contributed by atoms with E-state index in [-0.39, 0.29) is 42.5 Å². The van der Waals surface area contributed by atoms with Gasteiger partial charge in [-0.25, -0.2) is 0 Å². The molecule has 2 bridgehead atoms. The van der Waals surface area contributed by atoms with Crippen LogP contribution in [-0.4, -0.2) is 85.2 Å². The Morgan fingerprint density at radius 1 is 1.06 bits per heavy atom. The van der Waals surface area contributed by atoms with Crippen LogP contribution in [0.5, 0.6) is 5.75 Å². The first-order chi connectivity index (χ1) is 25.2. The maximum absolute atomic E-state index is 14.2. The van der Waals surface area contributed by atoms with Crippen LogP contribution in [0.15, 0.2) is 66.7 Å². The molecule has 3 aliphatic carbocycles. The van der Waals surface area contributed by atoms with E-state index in [4.69, 9.17) is 9.57 Å². The number of carbonyl (C=O) groups is 2. The third kappa shape index (κ3) is 7.83. The summed E-state index contributed by atoms with van der Waals surface area (Å²) in [6, 6.07) is 20.8. The van der Waals surface area contributed by atoms with Crippen molar-refractivity contribution in [1.29, 1.82) is 0 Å². The Labute approximate surface area is 314 Å². The van der Waals surface area contributed by atoms with Gasteiger partial charge in [0.2, 0.25) is 5.91 Å². The van der Waals surface area contributed by atoms with Crippen molar-refractivity contribution in [2.75, 3.05) is 32.7 Å². The molecule has 2 amide bonds. The molecule has 3 aromatic rings. The monoisotopic (exact) mass is 726 g/mol. The molecule has 10 heteroatoms. The highest BCUT2D eigenvalue weighted by atomic mass is 16.7. The highest BCUT2D eigenvalue weighted by Crippen LogP contribution is 2.61. The lowest BCUT2D eigenvalue weighted by Crippen LogP contribution is -2.62. The number of para-hydroxylation sites is 1. The standard InChI is InChI=1S/C43H58N4O6/c1-25(17-28-13-10-9-11-14-28)44-41(50)31-18-30(19-33(20-31)46(6)7)34-16-12-15-29(40(34)52-8)23-47-39(38(27(3)49)37(24-48)53-47)42(51)45-36-22-32-21-35(26(36)2)43(32,4)5/h9-16,18-20,25-27,32,35-39,48-49H,17,21-24H2,1-8H3,(H,44,50)(H,45,51)/t25-,26-,27-,32-,35-,36-,37-,38-,39-/m0/s1. The number of nitrogens with zero attached hydrogens (tertiary/aromatic N) is 2. The van der Waals surface area contributed by atoms with Crippen molar-refractivity contribution in [2.24, 2.45) is 29.1 Å². The van der Waals surface area contributed by atoms with Crippen LogP contribution in [0, 0.1) is 29.1 Å². The van der Waals surface area contributed by atoms with Crippen LogP contribution in [0.1, 0.15) is 68.9 Å². The van der Waals surface area contributed by atoms with Crippen LogP contribution in [0.25, 0.3) is 11.1 Å². The van der Waals surface area contributed by atoms with Gasteiger partial charge in [0.25, 0.3) is 5.91 Å². The Morgan fingerprint density at radius 3 is 2.42 bits per heavy atom. The van der Waals surface area contributed by atoms with E-state index >= 15 is 0 Å². The van der Waals surface area contributed by atoms with Crippen LogP contribution >= 0.6 is 0 Å². The lowest BCUT2D eigenvalue weighted by atomic mass is 9.45. The summed E-state index contributed by atoms with van der Waals surface area (Å²) in [5.41, 5.74) is 5.17. The van der Waals surface area contributed by atoms with Crippen molar-refractivity contribution in [1.82, 2.24) is 15.7 Å². The predicted octanol–water partition coefficient (Wildman–Crippen LogP) is 5.45. The highest BCUT2D eigenvalue weighted by molar-refractivity contribution is 5.97. The molecule has 0 aromatic heterocycles. The van der Waals surface area contributed by atoms with Gasteiger partial charge in [0.1, 0.15) is 17.9 Å². The quantitative estimate of drug-likeness (QED) is 0.184. The minimum absolute atomic E-state index is 0.0403. The van der Waals surface area contributed by atoms with Crippen molar-refractivity contribution in [3.63, 3.8) is 0 Å². The van der Waals surface area contributed by atoms with Gasteiger partial charge in [0.15, 0.2) is 0 Å². The number of aliphatic hydroxyl groups is 2. The lowest BCUT2D eigenvalue weighted by molar-refractivity contribution is -0.183. The smallest absolute Gasteiger partial charge is 0.251 e. The molecular weight excluding hydrogens is 668 g/mol. The van der Waals surface area contributed by atoms with Gasteiger partial charge in [-0.3, -0.25) is 14.4 Å². The average Bonchev–Trinajstić information content (AvgIpc) is 3.50. The molecule has 1 aliphatic heterocycles. The number of fused-ring (bicyclic) bond motifs is 2. The zero-order valence-electron chi connectivity index (χ0n) is 32.5. The number of ether oxygens (including phenoxy) is 1. The first kappa shape index (κ1) is 38.8. The normalized spacial score (nSPS) is 27.3. The molecular formula is C43H58N4O6. The average molecular weight is 727 g/mol. The Bertz CT molecular complexity index is 1760. The zero-order chi connectivity index (χ0) is 38.2. The van der Waals surface area contributed by atoms with Crippen LogP contribution in [-0.2, 0) is 22.6 Å². The number of anilines is 1. The number of methoxy groups -OCH3 is 1. The molecule has 0 unspecified atom stereocenters. The number of nitrogens with one attached hydrogen (secondary N) is 2. The summed E-state index contributed by atoms with van der Waals surface area (Å²) in [7, 11) is 5.49. The number of hydrogen-bond donors (Lipinski definition) is 4. The van der Waals surface area contributed by atoms with Crippen LogP contribution < -0.4 is 20.3 Å². The van der Waals surface area contributed by atoms with E-state index in [1.165, 1.54) is 6.42 Å². The maximum Gasteiger partial charge on any atom is 0.251 e. The molecule has 4 fully saturated rings. The Balaban J connectivity index is 1.27. The molecule has 4 N–H and O–H groups in total. The van der Waals surface area contributed by atoms with Gasteiger partial charge < -0.3 is 30.5 Å². The van der Waals surface area contributed by atoms with Crippen molar-refractivity contribution < 1.29 is 29.4 Å². The molecule has 4 aliphatic rings. The second kappa shape index (κ2) is 15.8. The number of aliphatic hydroxyl groups excluding tert-OH is 2. The van der Waals surface area contributed by atoms with Gasteiger partial charge in [-0.15, -0.1) is 0 Å². The first-order valence-corrected chi connectivity index (χ1v) is 19.1. The molecule has 1 heterocycles. The van der Waals surface area contributed by atoms with Gasteiger partial charge in [-0.2, -0.15) is 5.06 Å². The van der Waals surface area contributed by atoms with E-state index in [0.29, 0.717) is 35.5 Å². The third-order valence-electron chi connectivity index (χ3n) is 12.5. The van der Waals surface area contributed by atoms with Crippen LogP contribution in [0.4, 0.5) is 5.69 Å². The number of rotatable bonds is 13. The molecule has 0 radical (unpaired) electrons. The van der Waals surface area contributed by atoms with Gasteiger partial charge >= 0.3 is 0 Å². The van der Waals surface area contributed by atoms with Crippen molar-refractivity contribution in [3.05, 3.63) is 83.4 Å². The summed E-state index contributed by atoms with van der Waals surface area (Å²) in [4.78, 5) is 36.1. The van der Waals surface area contributed by atoms with Gasteiger partial charge in [-0.05, 0) is 85.6 Å². The summed E-state index contributed by atoms with van der Waals surface area (Å²) < 4.78 is 6.07. The van der Waals surface area contributed by atoms with Crippen LogP contribution in [0.2, 0.25) is 0 Å². The SMILES string of the molecule is COc1c(CN2O[C@@H](CO)[C@H]([C@H](C)O)[C@H]2C(=O)N[C@H]2C[C@@H]3C[C@@H]([C@@H]2C)C3(C)C)cccc1-c1cc(C(=O)N[C@@H](C)Cc2ccccc2)cc(N(C)C)c1. The number of hydroxylamine groups is 2. The topological polar surface area (TPSA) is 124 Å². The fourth-order valence-corrected chi connectivity index (χ4v) is 9.31. The largest absolute Gasteiger partial charge is 0.496 e. The number of hydrogen-bond acceptors (Lipinski definition) is 8. The molecule has 3 aromatic carbocycles. The van der Waals surface area contributed by atoms with E-state index in [0.717, 1.165) is 34.4 Å². The summed E-state index contributed by atoms with van der Waals surface area (Å²) >= 11 is 0. The van der Waals surface area contributed by atoms with E-state index in [9.17, 15) is 19.8 Å². The van der Waals surface area contributed by atoms with Gasteiger partial charge in [-0.1, -0.05) is 69.3 Å². The summed E-state index contributed by atoms with van der Waals surface area (Å²) in [6.45, 7) is 10.4. The van der Waals surface area contributed by atoms with Crippen molar-refractivity contribution in [2.45, 2.75) is 90.8 Å². The maximum atomic E-state index is 14.2. The second-order valence-corrected chi connectivity index (χ2v) is 16.5. The molecule has 1 saturated heterocycles. The Hall–Kier alpha value is -3.96. The Morgan fingerprint density at radius 2 is 1.79 bits per heavy atom. The number of carbonyl (C=O) groups excluding carboxylic acids is 2. The van der Waals surface area contributed by atoms with E-state index in [1.54, 1.807) is 19.1 Å². The fourth-order valence-electron chi connectivity index (χ4n) is 9.31. The number of amides is 2. The third-order valence-corrected chi connectivity index (χ3v) is 12.5. The second-order valence-electron chi connectivity index (χ2n) is 16.5. The molecule has 3 saturated carbocycles. The molecule has 9 atom stereocenters. The van der Waals surface area contributed by atoms with Crippen LogP contribution in [0.3, 0.4) is 0 Å². The lowest BCUT2D eigenvalue weighted by Gasteiger charge is -2.62. The summed E-state index contributed by atoms with van der Waals surface area (Å²) in [5.74, 6) is 1.05. The highest BCUT2D eigenvalue weighted by Gasteiger charge is 2.57. The molecule has 10 nitrogen and oxygen atoms in total. The molecule has 7 rings (SSSR count). The molecule has 53 heavy (non-hydrogen) atoms. The van der Waals surface area contributed by atoms with E-state index < -0.39 is 24.2 Å². The van der Waals surface area contributed by atoms with E-state index in [2.05, 4.69) is 43.5 Å². The predicted molar refractivity (Wildman–Crippen MR) is 207 cm³/mol. The van der Waals surface area contributed by atoms with Crippen molar-refractivity contribution in [3.8, 4) is 16.9 Å². The molecule has 286 valence electrons. The van der Waals surface area contributed by atoms with E-state index in [1.807, 2.05) is 80.5 Å². The first-order valence-electron chi connectivity index (χ1n) is 19.1. The van der Waals surface area contributed by atoms with Crippen molar-refractivity contribution >= 4 is 17.5 Å². The zero-order valence-corrected chi connectivity index (χ0v) is 32.5. The summed E-state index contributed by atoms with van der Waals surface area (Å²) in [6.07, 6.45) is 1.20. The number of benzene rings is 3. The summed E-state index contributed by atoms with van der Waals surface area (Å²) in [5, 5.41) is 29.4. The van der Waals surface area contributed by atoms with Gasteiger partial charge in [0.05, 0.1) is 26.4 Å². The fraction of sp³-hybridized carbons (Fsp3) is 0.535.